The molecule has 28 heavy (non-hydrogen) atoms. The van der Waals surface area contributed by atoms with Gasteiger partial charge in [-0.25, -0.2) is 4.98 Å². The summed E-state index contributed by atoms with van der Waals surface area (Å²) in [7, 11) is 0. The largest absolute Gasteiger partial charge is 0.494 e. The Morgan fingerprint density at radius 3 is 2.96 bits per heavy atom. The topological polar surface area (TPSA) is 67.0 Å². The molecule has 1 aliphatic rings. The number of thioether (sulfide) groups is 1. The summed E-state index contributed by atoms with van der Waals surface area (Å²) >= 11 is 1.71. The van der Waals surface area contributed by atoms with Crippen LogP contribution in [0.1, 0.15) is 24.0 Å². The normalized spacial score (nSPS) is 13.1. The first-order valence-electron chi connectivity index (χ1n) is 9.48. The molecule has 1 amide bonds. The summed E-state index contributed by atoms with van der Waals surface area (Å²) in [6.07, 6.45) is 4.14. The van der Waals surface area contributed by atoms with Gasteiger partial charge in [-0.3, -0.25) is 4.79 Å². The summed E-state index contributed by atoms with van der Waals surface area (Å²) in [6, 6.07) is 14.2. The number of benzene rings is 2. The molecule has 0 radical (unpaired) electrons. The van der Waals surface area contributed by atoms with Crippen LogP contribution in [0.15, 0.2) is 53.8 Å². The lowest BCUT2D eigenvalue weighted by Gasteiger charge is -2.17. The Kier molecular flexibility index (Phi) is 5.67. The van der Waals surface area contributed by atoms with Gasteiger partial charge in [-0.1, -0.05) is 36.0 Å². The molecule has 0 bridgehead atoms. The van der Waals surface area contributed by atoms with E-state index in [-0.39, 0.29) is 5.91 Å². The van der Waals surface area contributed by atoms with Crippen molar-refractivity contribution < 1.29 is 9.53 Å². The van der Waals surface area contributed by atoms with Gasteiger partial charge in [-0.15, -0.1) is 0 Å². The number of aromatic amines is 1. The van der Waals surface area contributed by atoms with Crippen LogP contribution >= 0.6 is 11.8 Å². The first-order chi connectivity index (χ1) is 13.7. The highest BCUT2D eigenvalue weighted by molar-refractivity contribution is 7.99. The van der Waals surface area contributed by atoms with Crippen LogP contribution in [0, 0.1) is 6.92 Å². The van der Waals surface area contributed by atoms with Crippen molar-refractivity contribution in [1.82, 2.24) is 9.97 Å². The van der Waals surface area contributed by atoms with Crippen molar-refractivity contribution in [3.05, 3.63) is 59.8 Å². The van der Waals surface area contributed by atoms with Gasteiger partial charge in [0.05, 0.1) is 18.5 Å². The van der Waals surface area contributed by atoms with E-state index in [1.165, 1.54) is 11.1 Å². The number of rotatable bonds is 7. The monoisotopic (exact) mass is 393 g/mol. The minimum atomic E-state index is 0.0849. The smallest absolute Gasteiger partial charge is 0.224 e. The number of hydrogen-bond donors (Lipinski definition) is 2. The van der Waals surface area contributed by atoms with Crippen LogP contribution in [-0.2, 0) is 11.2 Å². The zero-order chi connectivity index (χ0) is 19.3. The van der Waals surface area contributed by atoms with E-state index < -0.39 is 0 Å². The van der Waals surface area contributed by atoms with E-state index in [4.69, 9.17) is 4.74 Å². The van der Waals surface area contributed by atoms with Gasteiger partial charge < -0.3 is 15.0 Å². The molecule has 0 saturated heterocycles. The van der Waals surface area contributed by atoms with Gasteiger partial charge >= 0.3 is 0 Å². The first kappa shape index (κ1) is 18.6. The molecule has 1 aromatic heterocycles. The number of ether oxygens (including phenoxy) is 1. The fourth-order valence-corrected chi connectivity index (χ4v) is 4.02. The van der Waals surface area contributed by atoms with Crippen LogP contribution in [0.4, 0.5) is 5.69 Å². The molecule has 2 aromatic carbocycles. The van der Waals surface area contributed by atoms with Crippen molar-refractivity contribution >= 4 is 23.4 Å². The Bertz CT molecular complexity index is 983. The lowest BCUT2D eigenvalue weighted by atomic mass is 10.0. The molecule has 1 aliphatic heterocycles. The molecule has 0 saturated carbocycles. The van der Waals surface area contributed by atoms with E-state index in [1.807, 2.05) is 36.5 Å². The molecular weight excluding hydrogens is 370 g/mol. The highest BCUT2D eigenvalue weighted by atomic mass is 32.2. The molecule has 6 heteroatoms. The Labute approximate surface area is 168 Å². The second-order valence-corrected chi connectivity index (χ2v) is 7.92. The summed E-state index contributed by atoms with van der Waals surface area (Å²) in [5.74, 6) is 1.88. The standard InChI is InChI=1S/C22H23N3O2S/c1-15-5-2-3-6-18(15)20-14-23-22(25-20)28-12-4-11-27-17-8-9-19-16(13-17)7-10-21(26)24-19/h2-3,5-6,8-9,13-14H,4,7,10-12H2,1H3,(H,23,25)(H,24,26). The van der Waals surface area contributed by atoms with E-state index in [9.17, 15) is 4.79 Å². The molecule has 0 fully saturated rings. The molecule has 0 aliphatic carbocycles. The van der Waals surface area contributed by atoms with Gasteiger partial charge in [0, 0.05) is 23.4 Å². The molecule has 0 atom stereocenters. The van der Waals surface area contributed by atoms with E-state index in [2.05, 4.69) is 34.3 Å². The molecule has 3 aromatic rings. The number of hydrogen-bond acceptors (Lipinski definition) is 4. The van der Waals surface area contributed by atoms with E-state index in [1.54, 1.807) is 11.8 Å². The third-order valence-electron chi connectivity index (χ3n) is 4.76. The number of fused-ring (bicyclic) bond motifs is 1. The number of imidazole rings is 1. The van der Waals surface area contributed by atoms with E-state index in [0.29, 0.717) is 13.0 Å². The third-order valence-corrected chi connectivity index (χ3v) is 5.73. The van der Waals surface area contributed by atoms with Crippen LogP contribution in [0.3, 0.4) is 0 Å². The maximum atomic E-state index is 11.4. The summed E-state index contributed by atoms with van der Waals surface area (Å²) in [6.45, 7) is 2.76. The van der Waals surface area contributed by atoms with Gasteiger partial charge in [0.2, 0.25) is 5.91 Å². The number of carbonyl (C=O) groups excluding carboxylic acids is 1. The first-order valence-corrected chi connectivity index (χ1v) is 10.5. The van der Waals surface area contributed by atoms with Gasteiger partial charge in [0.1, 0.15) is 5.75 Å². The molecule has 0 spiro atoms. The molecule has 144 valence electrons. The zero-order valence-corrected chi connectivity index (χ0v) is 16.6. The van der Waals surface area contributed by atoms with Crippen molar-refractivity contribution in [3.63, 3.8) is 0 Å². The van der Waals surface area contributed by atoms with Gasteiger partial charge in [-0.05, 0) is 49.1 Å². The van der Waals surface area contributed by atoms with Crippen LogP contribution in [0.25, 0.3) is 11.3 Å². The minimum Gasteiger partial charge on any atom is -0.494 e. The number of nitrogens with one attached hydrogen (secondary N) is 2. The average molecular weight is 394 g/mol. The fraction of sp³-hybridized carbons (Fsp3) is 0.273. The number of aromatic nitrogens is 2. The molecule has 2 N–H and O–H groups in total. The maximum absolute atomic E-state index is 11.4. The lowest BCUT2D eigenvalue weighted by molar-refractivity contribution is -0.116. The van der Waals surface area contributed by atoms with Crippen LogP contribution in [-0.4, -0.2) is 28.2 Å². The third kappa shape index (κ3) is 4.39. The number of anilines is 1. The Morgan fingerprint density at radius 2 is 2.07 bits per heavy atom. The predicted molar refractivity (Wildman–Crippen MR) is 113 cm³/mol. The summed E-state index contributed by atoms with van der Waals surface area (Å²) in [5, 5.41) is 3.82. The second-order valence-electron chi connectivity index (χ2n) is 6.83. The number of carbonyl (C=O) groups is 1. The maximum Gasteiger partial charge on any atom is 0.224 e. The number of nitrogens with zero attached hydrogens (tertiary/aromatic N) is 1. The molecule has 4 rings (SSSR count). The fourth-order valence-electron chi connectivity index (χ4n) is 3.26. The summed E-state index contributed by atoms with van der Waals surface area (Å²) in [5.41, 5.74) is 5.53. The SMILES string of the molecule is Cc1ccccc1-c1cnc(SCCCOc2ccc3c(c2)CCC(=O)N3)[nH]1. The minimum absolute atomic E-state index is 0.0849. The quantitative estimate of drug-likeness (QED) is 0.446. The molecule has 2 heterocycles. The summed E-state index contributed by atoms with van der Waals surface area (Å²) < 4.78 is 5.87. The van der Waals surface area contributed by atoms with E-state index >= 15 is 0 Å². The van der Waals surface area contributed by atoms with Crippen molar-refractivity contribution in [3.8, 4) is 17.0 Å². The van der Waals surface area contributed by atoms with Gasteiger partial charge in [0.25, 0.3) is 0 Å². The number of aryl methyl sites for hydroxylation is 2. The lowest BCUT2D eigenvalue weighted by Crippen LogP contribution is -2.18. The molecular formula is C22H23N3O2S. The Hall–Kier alpha value is -2.73. The Balaban J connectivity index is 1.24. The number of amides is 1. The zero-order valence-electron chi connectivity index (χ0n) is 15.8. The highest BCUT2D eigenvalue weighted by Crippen LogP contribution is 2.27. The molecule has 0 unspecified atom stereocenters. The Morgan fingerprint density at radius 1 is 1.18 bits per heavy atom. The molecule has 5 nitrogen and oxygen atoms in total. The van der Waals surface area contributed by atoms with Crippen LogP contribution in [0.5, 0.6) is 5.75 Å². The van der Waals surface area contributed by atoms with Crippen molar-refractivity contribution in [1.29, 1.82) is 0 Å². The number of H-pyrrole nitrogens is 1. The van der Waals surface area contributed by atoms with Crippen molar-refractivity contribution in [2.24, 2.45) is 0 Å². The average Bonchev–Trinajstić information content (AvgIpc) is 3.17. The van der Waals surface area contributed by atoms with Crippen LogP contribution < -0.4 is 10.1 Å². The summed E-state index contributed by atoms with van der Waals surface area (Å²) in [4.78, 5) is 19.3. The van der Waals surface area contributed by atoms with Gasteiger partial charge in [0.15, 0.2) is 5.16 Å². The van der Waals surface area contributed by atoms with Crippen molar-refractivity contribution in [2.75, 3.05) is 17.7 Å². The highest BCUT2D eigenvalue weighted by Gasteiger charge is 2.15. The van der Waals surface area contributed by atoms with E-state index in [0.717, 1.165) is 46.4 Å². The van der Waals surface area contributed by atoms with Gasteiger partial charge in [-0.2, -0.15) is 0 Å². The second kappa shape index (κ2) is 8.52. The predicted octanol–water partition coefficient (Wildman–Crippen LogP) is 4.83. The van der Waals surface area contributed by atoms with Crippen molar-refractivity contribution in [2.45, 2.75) is 31.3 Å². The van der Waals surface area contributed by atoms with Crippen LogP contribution in [0.2, 0.25) is 0 Å².